The monoisotopic (exact) mass is 277 g/mol. The van der Waals surface area contributed by atoms with Crippen LogP contribution in [0.2, 0.25) is 5.02 Å². The third kappa shape index (κ3) is 1.77. The molecule has 1 atom stereocenters. The van der Waals surface area contributed by atoms with Crippen molar-refractivity contribution in [3.8, 4) is 5.69 Å². The lowest BCUT2D eigenvalue weighted by molar-refractivity contribution is 0.421. The minimum absolute atomic E-state index is 0.123. The normalized spacial score (nSPS) is 17.5. The molecule has 98 valence electrons. The molecule has 0 radical (unpaired) electrons. The summed E-state index contributed by atoms with van der Waals surface area (Å²) in [7, 11) is 0. The zero-order valence-electron chi connectivity index (χ0n) is 10.3. The van der Waals surface area contributed by atoms with E-state index in [-0.39, 0.29) is 17.4 Å². The molecule has 0 bridgehead atoms. The van der Waals surface area contributed by atoms with E-state index in [2.05, 4.69) is 0 Å². The van der Waals surface area contributed by atoms with E-state index in [1.54, 1.807) is 24.3 Å². The average Bonchev–Trinajstić information content (AvgIpc) is 2.65. The third-order valence-corrected chi connectivity index (χ3v) is 3.47. The predicted molar refractivity (Wildman–Crippen MR) is 73.2 cm³/mol. The van der Waals surface area contributed by atoms with Gasteiger partial charge in [-0.2, -0.15) is 0 Å². The maximum Gasteiger partial charge on any atom is 0.352 e. The van der Waals surface area contributed by atoms with Gasteiger partial charge in [0.15, 0.2) is 0 Å². The summed E-state index contributed by atoms with van der Waals surface area (Å²) < 4.78 is 4.08. The molecule has 0 fully saturated rings. The van der Waals surface area contributed by atoms with Crippen molar-refractivity contribution in [1.82, 2.24) is 13.9 Å². The number of halogens is 1. The molecule has 0 aliphatic carbocycles. The second-order valence-corrected chi connectivity index (χ2v) is 4.91. The number of benzene rings is 1. The Labute approximate surface area is 113 Å². The molecular formula is C13H12ClN3O2. The van der Waals surface area contributed by atoms with Crippen LogP contribution in [0.25, 0.3) is 5.69 Å². The summed E-state index contributed by atoms with van der Waals surface area (Å²) in [4.78, 5) is 24.7. The molecule has 6 heteroatoms. The van der Waals surface area contributed by atoms with Crippen LogP contribution in [0, 0.1) is 0 Å². The van der Waals surface area contributed by atoms with E-state index in [1.807, 2.05) is 19.1 Å². The highest BCUT2D eigenvalue weighted by atomic mass is 35.5. The number of aromatic nitrogens is 3. The molecule has 1 aromatic carbocycles. The molecule has 0 spiro atoms. The quantitative estimate of drug-likeness (QED) is 0.743. The number of allylic oxidation sites excluding steroid dienone is 2. The van der Waals surface area contributed by atoms with Gasteiger partial charge in [-0.3, -0.25) is 0 Å². The maximum atomic E-state index is 12.4. The first-order valence-electron chi connectivity index (χ1n) is 5.96. The molecule has 3 rings (SSSR count). The van der Waals surface area contributed by atoms with Crippen molar-refractivity contribution in [3.05, 3.63) is 62.4 Å². The fraction of sp³-hybridized carbons (Fsp3) is 0.231. The van der Waals surface area contributed by atoms with Crippen molar-refractivity contribution in [2.24, 2.45) is 0 Å². The van der Waals surface area contributed by atoms with Crippen molar-refractivity contribution in [2.45, 2.75) is 19.5 Å². The molecule has 1 aliphatic heterocycles. The Morgan fingerprint density at radius 2 is 1.84 bits per heavy atom. The van der Waals surface area contributed by atoms with E-state index < -0.39 is 0 Å². The highest BCUT2D eigenvalue weighted by Crippen LogP contribution is 2.13. The van der Waals surface area contributed by atoms with E-state index in [4.69, 9.17) is 11.6 Å². The molecule has 2 heterocycles. The zero-order valence-corrected chi connectivity index (χ0v) is 11.0. The maximum absolute atomic E-state index is 12.4. The lowest BCUT2D eigenvalue weighted by atomic mass is 10.3. The van der Waals surface area contributed by atoms with Crippen LogP contribution in [-0.2, 0) is 6.54 Å². The summed E-state index contributed by atoms with van der Waals surface area (Å²) in [6.45, 7) is 2.29. The van der Waals surface area contributed by atoms with Gasteiger partial charge >= 0.3 is 11.4 Å². The fourth-order valence-corrected chi connectivity index (χ4v) is 2.43. The predicted octanol–water partition coefficient (Wildman–Crippen LogP) is 1.58. The molecule has 5 nitrogen and oxygen atoms in total. The largest absolute Gasteiger partial charge is 0.352 e. The van der Waals surface area contributed by atoms with Crippen molar-refractivity contribution in [1.29, 1.82) is 0 Å². The van der Waals surface area contributed by atoms with Crippen molar-refractivity contribution in [2.75, 3.05) is 0 Å². The summed E-state index contributed by atoms with van der Waals surface area (Å²) in [6.07, 6.45) is 3.80. The summed E-state index contributed by atoms with van der Waals surface area (Å²) >= 11 is 5.82. The minimum Gasteiger partial charge on any atom is -0.245 e. The van der Waals surface area contributed by atoms with Gasteiger partial charge in [0.2, 0.25) is 0 Å². The number of hydrogen-bond donors (Lipinski definition) is 0. The molecular weight excluding hydrogens is 266 g/mol. The Morgan fingerprint density at radius 1 is 1.16 bits per heavy atom. The van der Waals surface area contributed by atoms with Crippen molar-refractivity contribution >= 4 is 11.6 Å². The molecule has 0 saturated heterocycles. The molecule has 0 N–H and O–H groups in total. The zero-order chi connectivity index (χ0) is 13.6. The molecule has 1 aliphatic rings. The lowest BCUT2D eigenvalue weighted by Crippen LogP contribution is -2.30. The van der Waals surface area contributed by atoms with Gasteiger partial charge in [-0.1, -0.05) is 23.8 Å². The van der Waals surface area contributed by atoms with Crippen molar-refractivity contribution < 1.29 is 0 Å². The van der Waals surface area contributed by atoms with E-state index in [0.717, 1.165) is 0 Å². The van der Waals surface area contributed by atoms with E-state index in [9.17, 15) is 9.59 Å². The Morgan fingerprint density at radius 3 is 2.47 bits per heavy atom. The highest BCUT2D eigenvalue weighted by Gasteiger charge is 2.21. The molecule has 0 amide bonds. The van der Waals surface area contributed by atoms with Gasteiger partial charge in [-0.25, -0.2) is 23.5 Å². The number of nitrogens with zero attached hydrogens (tertiary/aromatic N) is 3. The van der Waals surface area contributed by atoms with Crippen LogP contribution in [0.5, 0.6) is 0 Å². The Balaban J connectivity index is 2.27. The molecule has 19 heavy (non-hydrogen) atoms. The number of hydrogen-bond acceptors (Lipinski definition) is 2. The Hall–Kier alpha value is -2.01. The summed E-state index contributed by atoms with van der Waals surface area (Å²) in [5.74, 6) is 0. The van der Waals surface area contributed by atoms with Gasteiger partial charge < -0.3 is 0 Å². The van der Waals surface area contributed by atoms with Crippen LogP contribution in [0.1, 0.15) is 13.0 Å². The lowest BCUT2D eigenvalue weighted by Gasteiger charge is -2.16. The van der Waals surface area contributed by atoms with Crippen LogP contribution in [-0.4, -0.2) is 13.9 Å². The van der Waals surface area contributed by atoms with E-state index in [1.165, 1.54) is 13.9 Å². The standard InChI is InChI=1S/C13H12ClN3O2/c1-9-3-2-8-15-12(18)16(13(19)17(9)15)11-6-4-10(14)5-7-11/h2-7,9H,8H2,1H3. The average molecular weight is 278 g/mol. The van der Waals surface area contributed by atoms with Crippen LogP contribution in [0.4, 0.5) is 0 Å². The minimum atomic E-state index is -0.330. The third-order valence-electron chi connectivity index (χ3n) is 3.22. The van der Waals surface area contributed by atoms with Gasteiger partial charge in [0.1, 0.15) is 0 Å². The summed E-state index contributed by atoms with van der Waals surface area (Å²) in [6, 6.07) is 6.52. The second-order valence-electron chi connectivity index (χ2n) is 4.47. The summed E-state index contributed by atoms with van der Waals surface area (Å²) in [5.41, 5.74) is -0.131. The Bertz CT molecular complexity index is 765. The van der Waals surface area contributed by atoms with Crippen LogP contribution in [0.3, 0.4) is 0 Å². The summed E-state index contributed by atoms with van der Waals surface area (Å²) in [5, 5.41) is 0.566. The number of rotatable bonds is 1. The van der Waals surface area contributed by atoms with E-state index >= 15 is 0 Å². The van der Waals surface area contributed by atoms with E-state index in [0.29, 0.717) is 17.3 Å². The Kier molecular flexibility index (Phi) is 2.71. The first-order valence-corrected chi connectivity index (χ1v) is 6.34. The van der Waals surface area contributed by atoms with Crippen LogP contribution < -0.4 is 11.4 Å². The molecule has 0 saturated carbocycles. The second kappa shape index (κ2) is 4.28. The first kappa shape index (κ1) is 12.0. The van der Waals surface area contributed by atoms with Gasteiger partial charge in [-0.05, 0) is 31.2 Å². The molecule has 2 aromatic rings. The SMILES string of the molecule is CC1C=CCn2c(=O)n(-c3ccc(Cl)cc3)c(=O)n21. The van der Waals surface area contributed by atoms with Gasteiger partial charge in [-0.15, -0.1) is 0 Å². The highest BCUT2D eigenvalue weighted by molar-refractivity contribution is 6.30. The fourth-order valence-electron chi connectivity index (χ4n) is 2.31. The molecule has 1 unspecified atom stereocenters. The number of fused-ring (bicyclic) bond motifs is 1. The van der Waals surface area contributed by atoms with Crippen LogP contribution in [0.15, 0.2) is 46.0 Å². The smallest absolute Gasteiger partial charge is 0.245 e. The first-order chi connectivity index (χ1) is 9.09. The van der Waals surface area contributed by atoms with Crippen molar-refractivity contribution in [3.63, 3.8) is 0 Å². The topological polar surface area (TPSA) is 48.9 Å². The molecule has 1 aromatic heterocycles. The van der Waals surface area contributed by atoms with Gasteiger partial charge in [0.25, 0.3) is 0 Å². The van der Waals surface area contributed by atoms with Gasteiger partial charge in [0, 0.05) is 5.02 Å². The van der Waals surface area contributed by atoms with Gasteiger partial charge in [0.05, 0.1) is 18.3 Å². The van der Waals surface area contributed by atoms with Crippen LogP contribution >= 0.6 is 11.6 Å².